The predicted octanol–water partition coefficient (Wildman–Crippen LogP) is 4.14. The smallest absolute Gasteiger partial charge is 0.191 e. The lowest BCUT2D eigenvalue weighted by Crippen LogP contribution is -2.36. The van der Waals surface area contributed by atoms with E-state index in [0.29, 0.717) is 13.1 Å². The molecule has 0 aliphatic carbocycles. The van der Waals surface area contributed by atoms with Gasteiger partial charge in [0.25, 0.3) is 0 Å². The van der Waals surface area contributed by atoms with Crippen molar-refractivity contribution in [3.8, 4) is 5.75 Å². The molecule has 0 saturated heterocycles. The second-order valence-electron chi connectivity index (χ2n) is 5.23. The van der Waals surface area contributed by atoms with E-state index in [1.54, 1.807) is 14.2 Å². The first-order chi connectivity index (χ1) is 11.1. The summed E-state index contributed by atoms with van der Waals surface area (Å²) in [6.45, 7) is 3.34. The fourth-order valence-electron chi connectivity index (χ4n) is 2.27. The van der Waals surface area contributed by atoms with Crippen molar-refractivity contribution < 1.29 is 4.74 Å². The molecule has 4 nitrogen and oxygen atoms in total. The topological polar surface area (TPSA) is 45.7 Å². The van der Waals surface area contributed by atoms with Crippen LogP contribution in [0.15, 0.2) is 47.5 Å². The lowest BCUT2D eigenvalue weighted by atomic mass is 10.1. The fourth-order valence-corrected chi connectivity index (χ4v) is 2.47. The summed E-state index contributed by atoms with van der Waals surface area (Å²) in [5, 5.41) is 7.31. The standard InChI is InChI=1S/C18H22ClN3O.HI/c1-13-8-14(10-16(9-13)23-3)11-21-18(20-2)22-12-15-6-4-5-7-17(15)19;/h4-10H,11-12H2,1-3H3,(H2,20,21,22);1H. The predicted molar refractivity (Wildman–Crippen MR) is 112 cm³/mol. The van der Waals surface area contributed by atoms with Crippen LogP contribution >= 0.6 is 35.6 Å². The Labute approximate surface area is 165 Å². The molecule has 24 heavy (non-hydrogen) atoms. The minimum absolute atomic E-state index is 0. The van der Waals surface area contributed by atoms with Gasteiger partial charge < -0.3 is 15.4 Å². The van der Waals surface area contributed by atoms with E-state index in [0.717, 1.165) is 27.9 Å². The minimum atomic E-state index is 0. The van der Waals surface area contributed by atoms with Crippen molar-refractivity contribution in [2.24, 2.45) is 4.99 Å². The molecule has 2 aromatic carbocycles. The summed E-state index contributed by atoms with van der Waals surface area (Å²) in [5.41, 5.74) is 3.34. The molecule has 2 N–H and O–H groups in total. The highest BCUT2D eigenvalue weighted by atomic mass is 127. The van der Waals surface area contributed by atoms with Gasteiger partial charge in [-0.1, -0.05) is 35.9 Å². The zero-order valence-corrected chi connectivity index (χ0v) is 17.2. The van der Waals surface area contributed by atoms with E-state index in [1.807, 2.05) is 36.4 Å². The number of hydrogen-bond acceptors (Lipinski definition) is 2. The number of benzene rings is 2. The number of nitrogens with one attached hydrogen (secondary N) is 2. The maximum Gasteiger partial charge on any atom is 0.191 e. The van der Waals surface area contributed by atoms with E-state index in [9.17, 15) is 0 Å². The molecule has 0 radical (unpaired) electrons. The fraction of sp³-hybridized carbons (Fsp3) is 0.278. The van der Waals surface area contributed by atoms with Gasteiger partial charge in [0.15, 0.2) is 5.96 Å². The van der Waals surface area contributed by atoms with Crippen LogP contribution < -0.4 is 15.4 Å². The minimum Gasteiger partial charge on any atom is -0.497 e. The van der Waals surface area contributed by atoms with Gasteiger partial charge in [0.2, 0.25) is 0 Å². The first-order valence-electron chi connectivity index (χ1n) is 7.45. The number of halogens is 2. The molecule has 0 spiro atoms. The van der Waals surface area contributed by atoms with Crippen LogP contribution in [0.1, 0.15) is 16.7 Å². The van der Waals surface area contributed by atoms with Crippen LogP contribution in [0.25, 0.3) is 0 Å². The molecule has 6 heteroatoms. The van der Waals surface area contributed by atoms with Crippen LogP contribution in [-0.4, -0.2) is 20.1 Å². The van der Waals surface area contributed by atoms with Crippen LogP contribution in [0.3, 0.4) is 0 Å². The van der Waals surface area contributed by atoms with Gasteiger partial charge in [-0.3, -0.25) is 4.99 Å². The third kappa shape index (κ3) is 6.20. The van der Waals surface area contributed by atoms with Gasteiger partial charge in [-0.25, -0.2) is 0 Å². The average molecular weight is 460 g/mol. The second kappa shape index (κ2) is 10.4. The highest BCUT2D eigenvalue weighted by Crippen LogP contribution is 2.16. The Hall–Kier alpha value is -1.47. The third-order valence-electron chi connectivity index (χ3n) is 3.43. The van der Waals surface area contributed by atoms with Gasteiger partial charge >= 0.3 is 0 Å². The Morgan fingerprint density at radius 1 is 1.12 bits per heavy atom. The van der Waals surface area contributed by atoms with Crippen LogP contribution in [0.5, 0.6) is 5.75 Å². The molecule has 0 saturated carbocycles. The Morgan fingerprint density at radius 3 is 2.50 bits per heavy atom. The summed E-state index contributed by atoms with van der Waals surface area (Å²) in [6, 6.07) is 13.9. The van der Waals surface area contributed by atoms with E-state index in [-0.39, 0.29) is 24.0 Å². The molecule has 2 aromatic rings. The van der Waals surface area contributed by atoms with E-state index < -0.39 is 0 Å². The molecule has 0 fully saturated rings. The number of aliphatic imine (C=N–C) groups is 1. The van der Waals surface area contributed by atoms with Crippen LogP contribution in [0.2, 0.25) is 5.02 Å². The Bertz CT molecular complexity index is 692. The molecule has 0 heterocycles. The highest BCUT2D eigenvalue weighted by Gasteiger charge is 2.03. The maximum absolute atomic E-state index is 6.16. The summed E-state index contributed by atoms with van der Waals surface area (Å²) in [4.78, 5) is 4.23. The van der Waals surface area contributed by atoms with Gasteiger partial charge in [-0.2, -0.15) is 0 Å². The van der Waals surface area contributed by atoms with Gasteiger partial charge in [0.05, 0.1) is 7.11 Å². The van der Waals surface area contributed by atoms with E-state index >= 15 is 0 Å². The monoisotopic (exact) mass is 459 g/mol. The van der Waals surface area contributed by atoms with E-state index in [4.69, 9.17) is 16.3 Å². The van der Waals surface area contributed by atoms with Crippen molar-refractivity contribution in [1.82, 2.24) is 10.6 Å². The zero-order chi connectivity index (χ0) is 16.7. The van der Waals surface area contributed by atoms with E-state index in [1.165, 1.54) is 5.56 Å². The van der Waals surface area contributed by atoms with Crippen LogP contribution in [0, 0.1) is 6.92 Å². The zero-order valence-electron chi connectivity index (χ0n) is 14.1. The molecule has 0 aliphatic rings. The van der Waals surface area contributed by atoms with Crippen LogP contribution in [-0.2, 0) is 13.1 Å². The number of nitrogens with zero attached hydrogens (tertiary/aromatic N) is 1. The number of methoxy groups -OCH3 is 1. The molecular formula is C18H23ClIN3O. The molecule has 130 valence electrons. The van der Waals surface area contributed by atoms with Crippen molar-refractivity contribution in [3.63, 3.8) is 0 Å². The Kier molecular flexibility index (Phi) is 8.92. The SMILES string of the molecule is CN=C(NCc1cc(C)cc(OC)c1)NCc1ccccc1Cl.I. The molecule has 2 rings (SSSR count). The van der Waals surface area contributed by atoms with Crippen molar-refractivity contribution in [2.75, 3.05) is 14.2 Å². The first-order valence-corrected chi connectivity index (χ1v) is 7.82. The number of rotatable bonds is 5. The molecule has 0 atom stereocenters. The van der Waals surface area contributed by atoms with Gasteiger partial charge in [-0.05, 0) is 41.8 Å². The van der Waals surface area contributed by atoms with Crippen molar-refractivity contribution >= 4 is 41.5 Å². The van der Waals surface area contributed by atoms with Gasteiger partial charge in [0.1, 0.15) is 5.75 Å². The number of hydrogen-bond donors (Lipinski definition) is 2. The summed E-state index contributed by atoms with van der Waals surface area (Å²) in [5.74, 6) is 1.59. The van der Waals surface area contributed by atoms with E-state index in [2.05, 4.69) is 28.6 Å². The summed E-state index contributed by atoms with van der Waals surface area (Å²) >= 11 is 6.16. The maximum atomic E-state index is 6.16. The molecule has 0 aliphatic heterocycles. The van der Waals surface area contributed by atoms with Gasteiger partial charge in [-0.15, -0.1) is 24.0 Å². The highest BCUT2D eigenvalue weighted by molar-refractivity contribution is 14.0. The van der Waals surface area contributed by atoms with Crippen molar-refractivity contribution in [2.45, 2.75) is 20.0 Å². The number of guanidine groups is 1. The van der Waals surface area contributed by atoms with Gasteiger partial charge in [0, 0.05) is 25.2 Å². The Morgan fingerprint density at radius 2 is 1.83 bits per heavy atom. The average Bonchev–Trinajstić information content (AvgIpc) is 2.56. The summed E-state index contributed by atoms with van der Waals surface area (Å²) in [7, 11) is 3.43. The normalized spacial score (nSPS) is 10.8. The Balaban J connectivity index is 0.00000288. The molecule has 0 unspecified atom stereocenters. The molecule has 0 amide bonds. The number of ether oxygens (including phenoxy) is 1. The summed E-state index contributed by atoms with van der Waals surface area (Å²) < 4.78 is 5.30. The lowest BCUT2D eigenvalue weighted by Gasteiger charge is -2.13. The molecule has 0 bridgehead atoms. The van der Waals surface area contributed by atoms with Crippen molar-refractivity contribution in [3.05, 3.63) is 64.2 Å². The summed E-state index contributed by atoms with van der Waals surface area (Å²) in [6.07, 6.45) is 0. The number of aryl methyl sites for hydroxylation is 1. The lowest BCUT2D eigenvalue weighted by molar-refractivity contribution is 0.414. The second-order valence-corrected chi connectivity index (χ2v) is 5.64. The quantitative estimate of drug-likeness (QED) is 0.401. The van der Waals surface area contributed by atoms with Crippen LogP contribution in [0.4, 0.5) is 0 Å². The molecule has 0 aromatic heterocycles. The third-order valence-corrected chi connectivity index (χ3v) is 3.80. The first kappa shape index (κ1) is 20.6. The molecular weight excluding hydrogens is 437 g/mol. The van der Waals surface area contributed by atoms with Crippen molar-refractivity contribution in [1.29, 1.82) is 0 Å². The largest absolute Gasteiger partial charge is 0.497 e.